The molecule has 0 aromatic carbocycles. The molecular formula is C13H13BrN2OS. The highest BCUT2D eigenvalue weighted by Gasteiger charge is 2.10. The molecule has 0 spiro atoms. The Labute approximate surface area is 118 Å². The predicted molar refractivity (Wildman–Crippen MR) is 76.9 cm³/mol. The summed E-state index contributed by atoms with van der Waals surface area (Å²) in [4.78, 5) is 17.2. The molecule has 1 unspecified atom stereocenters. The van der Waals surface area contributed by atoms with Crippen LogP contribution in [0.1, 0.15) is 22.2 Å². The van der Waals surface area contributed by atoms with Crippen molar-refractivity contribution < 1.29 is 4.79 Å². The van der Waals surface area contributed by atoms with Gasteiger partial charge in [-0.15, -0.1) is 11.3 Å². The number of nitrogens with one attached hydrogen (secondary N) is 1. The number of hydrogen-bond donors (Lipinski definition) is 1. The fourth-order valence-electron chi connectivity index (χ4n) is 1.60. The largest absolute Gasteiger partial charge is 0.349 e. The smallest absolute Gasteiger partial charge is 0.253 e. The van der Waals surface area contributed by atoms with Gasteiger partial charge in [0.15, 0.2) is 0 Å². The molecule has 0 saturated carbocycles. The third-order valence-electron chi connectivity index (χ3n) is 2.45. The van der Waals surface area contributed by atoms with E-state index in [0.29, 0.717) is 5.56 Å². The van der Waals surface area contributed by atoms with Crippen LogP contribution in [-0.2, 0) is 6.42 Å². The summed E-state index contributed by atoms with van der Waals surface area (Å²) in [6, 6.07) is 7.73. The van der Waals surface area contributed by atoms with Crippen LogP contribution in [-0.4, -0.2) is 16.9 Å². The number of carbonyl (C=O) groups excluding carboxylic acids is 1. The summed E-state index contributed by atoms with van der Waals surface area (Å²) in [6.07, 6.45) is 2.42. The van der Waals surface area contributed by atoms with Crippen LogP contribution in [0.3, 0.4) is 0 Å². The van der Waals surface area contributed by atoms with Gasteiger partial charge in [-0.3, -0.25) is 4.79 Å². The first kappa shape index (κ1) is 13.2. The van der Waals surface area contributed by atoms with Crippen molar-refractivity contribution in [2.45, 2.75) is 19.4 Å². The van der Waals surface area contributed by atoms with Gasteiger partial charge >= 0.3 is 0 Å². The highest BCUT2D eigenvalue weighted by molar-refractivity contribution is 9.10. The van der Waals surface area contributed by atoms with Crippen molar-refractivity contribution in [3.63, 3.8) is 0 Å². The number of pyridine rings is 1. The topological polar surface area (TPSA) is 42.0 Å². The molecule has 0 aliphatic carbocycles. The van der Waals surface area contributed by atoms with Gasteiger partial charge in [0, 0.05) is 23.5 Å². The molecule has 18 heavy (non-hydrogen) atoms. The maximum atomic E-state index is 11.9. The lowest BCUT2D eigenvalue weighted by Gasteiger charge is -2.12. The Morgan fingerprint density at radius 2 is 2.33 bits per heavy atom. The van der Waals surface area contributed by atoms with Crippen LogP contribution in [0.25, 0.3) is 0 Å². The van der Waals surface area contributed by atoms with Crippen LogP contribution in [0.4, 0.5) is 0 Å². The molecule has 5 heteroatoms. The van der Waals surface area contributed by atoms with Crippen molar-refractivity contribution in [1.29, 1.82) is 0 Å². The minimum absolute atomic E-state index is 0.0842. The van der Waals surface area contributed by atoms with Crippen LogP contribution in [0.5, 0.6) is 0 Å². The van der Waals surface area contributed by atoms with E-state index in [4.69, 9.17) is 0 Å². The number of nitrogens with zero attached hydrogens (tertiary/aromatic N) is 1. The van der Waals surface area contributed by atoms with E-state index >= 15 is 0 Å². The Morgan fingerprint density at radius 3 is 2.94 bits per heavy atom. The monoisotopic (exact) mass is 324 g/mol. The van der Waals surface area contributed by atoms with E-state index < -0.39 is 0 Å². The highest BCUT2D eigenvalue weighted by atomic mass is 79.9. The molecule has 0 bridgehead atoms. The van der Waals surface area contributed by atoms with Gasteiger partial charge < -0.3 is 5.32 Å². The molecule has 0 aliphatic rings. The zero-order chi connectivity index (χ0) is 13.0. The number of hydrogen-bond acceptors (Lipinski definition) is 3. The minimum Gasteiger partial charge on any atom is -0.349 e. The summed E-state index contributed by atoms with van der Waals surface area (Å²) in [7, 11) is 0. The maximum Gasteiger partial charge on any atom is 0.253 e. The Morgan fingerprint density at radius 1 is 1.50 bits per heavy atom. The molecule has 1 N–H and O–H groups in total. The molecule has 94 valence electrons. The van der Waals surface area contributed by atoms with Crippen LogP contribution in [0, 0.1) is 0 Å². The van der Waals surface area contributed by atoms with Gasteiger partial charge in [0.25, 0.3) is 5.91 Å². The van der Waals surface area contributed by atoms with E-state index in [0.717, 1.165) is 11.0 Å². The zero-order valence-corrected chi connectivity index (χ0v) is 12.3. The highest BCUT2D eigenvalue weighted by Crippen LogP contribution is 2.11. The van der Waals surface area contributed by atoms with Crippen molar-refractivity contribution in [1.82, 2.24) is 10.3 Å². The molecule has 2 heterocycles. The van der Waals surface area contributed by atoms with Gasteiger partial charge in [-0.05, 0) is 46.4 Å². The van der Waals surface area contributed by atoms with Crippen molar-refractivity contribution in [3.8, 4) is 0 Å². The molecule has 3 nitrogen and oxygen atoms in total. The molecule has 2 aromatic heterocycles. The third-order valence-corrected chi connectivity index (χ3v) is 3.82. The molecule has 1 atom stereocenters. The Hall–Kier alpha value is -1.20. The van der Waals surface area contributed by atoms with E-state index in [1.807, 2.05) is 18.4 Å². The van der Waals surface area contributed by atoms with Crippen molar-refractivity contribution in [3.05, 3.63) is 50.9 Å². The van der Waals surface area contributed by atoms with E-state index in [1.54, 1.807) is 29.7 Å². The van der Waals surface area contributed by atoms with Crippen LogP contribution < -0.4 is 5.32 Å². The quantitative estimate of drug-likeness (QED) is 0.877. The first-order valence-electron chi connectivity index (χ1n) is 5.60. The number of carbonyl (C=O) groups is 1. The van der Waals surface area contributed by atoms with E-state index in [-0.39, 0.29) is 11.9 Å². The van der Waals surface area contributed by atoms with E-state index in [1.165, 1.54) is 4.88 Å². The Bertz CT molecular complexity index is 510. The number of rotatable bonds is 4. The summed E-state index contributed by atoms with van der Waals surface area (Å²) >= 11 is 4.95. The van der Waals surface area contributed by atoms with Gasteiger partial charge in [0.2, 0.25) is 0 Å². The lowest BCUT2D eigenvalue weighted by molar-refractivity contribution is 0.0940. The first-order valence-corrected chi connectivity index (χ1v) is 7.27. The maximum absolute atomic E-state index is 11.9. The summed E-state index contributed by atoms with van der Waals surface area (Å²) < 4.78 is 0.727. The fraction of sp³-hybridized carbons (Fsp3) is 0.231. The van der Waals surface area contributed by atoms with Crippen molar-refractivity contribution in [2.24, 2.45) is 0 Å². The van der Waals surface area contributed by atoms with Gasteiger partial charge in [-0.25, -0.2) is 4.98 Å². The average Bonchev–Trinajstić information content (AvgIpc) is 2.82. The summed E-state index contributed by atoms with van der Waals surface area (Å²) in [5, 5.41) is 5.01. The SMILES string of the molecule is CC(Cc1cccs1)NC(=O)c1ccc(Br)nc1. The van der Waals surface area contributed by atoms with Crippen molar-refractivity contribution >= 4 is 33.2 Å². The van der Waals surface area contributed by atoms with Gasteiger partial charge in [0.1, 0.15) is 4.60 Å². The second-order valence-electron chi connectivity index (χ2n) is 4.03. The molecule has 0 saturated heterocycles. The fourth-order valence-corrected chi connectivity index (χ4v) is 2.67. The normalized spacial score (nSPS) is 12.1. The second kappa shape index (κ2) is 6.11. The molecule has 0 radical (unpaired) electrons. The minimum atomic E-state index is -0.0842. The average molecular weight is 325 g/mol. The lowest BCUT2D eigenvalue weighted by atomic mass is 10.2. The number of thiophene rings is 1. The molecular weight excluding hydrogens is 312 g/mol. The number of amides is 1. The van der Waals surface area contributed by atoms with Crippen LogP contribution >= 0.6 is 27.3 Å². The summed E-state index contributed by atoms with van der Waals surface area (Å²) in [5.74, 6) is -0.0842. The third kappa shape index (κ3) is 3.65. The summed E-state index contributed by atoms with van der Waals surface area (Å²) in [6.45, 7) is 2.00. The molecule has 2 rings (SSSR count). The van der Waals surface area contributed by atoms with E-state index in [2.05, 4.69) is 32.3 Å². The van der Waals surface area contributed by atoms with E-state index in [9.17, 15) is 4.79 Å². The lowest BCUT2D eigenvalue weighted by Crippen LogP contribution is -2.33. The summed E-state index contributed by atoms with van der Waals surface area (Å²) in [5.41, 5.74) is 0.580. The van der Waals surface area contributed by atoms with Gasteiger partial charge in [-0.2, -0.15) is 0 Å². The van der Waals surface area contributed by atoms with Crippen LogP contribution in [0.2, 0.25) is 0 Å². The van der Waals surface area contributed by atoms with Crippen molar-refractivity contribution in [2.75, 3.05) is 0 Å². The number of halogens is 1. The number of aromatic nitrogens is 1. The predicted octanol–water partition coefficient (Wildman–Crippen LogP) is 3.27. The zero-order valence-electron chi connectivity index (χ0n) is 9.89. The Kier molecular flexibility index (Phi) is 4.49. The standard InChI is InChI=1S/C13H13BrN2OS/c1-9(7-11-3-2-6-18-11)16-13(17)10-4-5-12(14)15-8-10/h2-6,8-9H,7H2,1H3,(H,16,17). The Balaban J connectivity index is 1.92. The second-order valence-corrected chi connectivity index (χ2v) is 5.87. The first-order chi connectivity index (χ1) is 8.65. The van der Waals surface area contributed by atoms with Gasteiger partial charge in [0.05, 0.1) is 5.56 Å². The molecule has 1 amide bonds. The molecule has 0 aliphatic heterocycles. The molecule has 0 fully saturated rings. The van der Waals surface area contributed by atoms with Crippen LogP contribution in [0.15, 0.2) is 40.4 Å². The van der Waals surface area contributed by atoms with Gasteiger partial charge in [-0.1, -0.05) is 6.07 Å². The molecule has 2 aromatic rings.